The summed E-state index contributed by atoms with van der Waals surface area (Å²) in [4.78, 5) is 2.78. The van der Waals surface area contributed by atoms with Crippen molar-refractivity contribution in [3.8, 4) is 0 Å². The Morgan fingerprint density at radius 1 is 0.848 bits per heavy atom. The molecule has 0 radical (unpaired) electrons. The molecule has 3 aliphatic rings. The second-order valence-corrected chi connectivity index (χ2v) is 10.8. The van der Waals surface area contributed by atoms with Gasteiger partial charge in [0.25, 0.3) is 0 Å². The summed E-state index contributed by atoms with van der Waals surface area (Å²) in [6.07, 6.45) is 5.33. The van der Waals surface area contributed by atoms with E-state index >= 15 is 0 Å². The van der Waals surface area contributed by atoms with Crippen LogP contribution in [0.4, 0.5) is 0 Å². The molecule has 1 saturated heterocycles. The molecule has 170 valence electrons. The van der Waals surface area contributed by atoms with Crippen molar-refractivity contribution in [2.75, 3.05) is 0 Å². The molecule has 6 atom stereocenters. The van der Waals surface area contributed by atoms with Crippen LogP contribution in [0.1, 0.15) is 48.3 Å². The van der Waals surface area contributed by atoms with Crippen molar-refractivity contribution in [3.63, 3.8) is 0 Å². The fraction of sp³-hybridized carbons (Fsp3) is 0.400. The van der Waals surface area contributed by atoms with Gasteiger partial charge in [0.1, 0.15) is 0 Å². The highest BCUT2D eigenvalue weighted by Crippen LogP contribution is 2.56. The average Bonchev–Trinajstić information content (AvgIpc) is 2.99. The Hall–Kier alpha value is -2.13. The van der Waals surface area contributed by atoms with Crippen LogP contribution in [0, 0.1) is 17.8 Å². The van der Waals surface area contributed by atoms with Crippen molar-refractivity contribution in [2.24, 2.45) is 23.5 Å². The van der Waals surface area contributed by atoms with Gasteiger partial charge in [-0.2, -0.15) is 0 Å². The molecule has 2 N–H and O–H groups in total. The van der Waals surface area contributed by atoms with E-state index in [4.69, 9.17) is 17.3 Å². The summed E-state index contributed by atoms with van der Waals surface area (Å²) in [5.41, 5.74) is 11.3. The number of rotatable bonds is 5. The van der Waals surface area contributed by atoms with Gasteiger partial charge in [-0.15, -0.1) is 0 Å². The van der Waals surface area contributed by atoms with Gasteiger partial charge in [-0.1, -0.05) is 103 Å². The lowest BCUT2D eigenvalue weighted by Gasteiger charge is -2.53. The lowest BCUT2D eigenvalue weighted by molar-refractivity contribution is -0.00576. The minimum Gasteiger partial charge on any atom is -0.326 e. The fourth-order valence-electron chi connectivity index (χ4n) is 7.58. The number of hydrogen-bond donors (Lipinski definition) is 1. The lowest BCUT2D eigenvalue weighted by atomic mass is 9.66. The van der Waals surface area contributed by atoms with Crippen LogP contribution < -0.4 is 5.73 Å². The molecule has 0 aromatic heterocycles. The number of piperidine rings is 1. The van der Waals surface area contributed by atoms with E-state index in [0.717, 1.165) is 23.4 Å². The van der Waals surface area contributed by atoms with Crippen LogP contribution in [0.25, 0.3) is 0 Å². The molecule has 1 heterocycles. The minimum absolute atomic E-state index is 0.159. The Morgan fingerprint density at radius 3 is 2.15 bits per heavy atom. The van der Waals surface area contributed by atoms with Crippen LogP contribution in [-0.4, -0.2) is 23.0 Å². The normalized spacial score (nSPS) is 31.1. The van der Waals surface area contributed by atoms with Crippen LogP contribution in [0.2, 0.25) is 5.02 Å². The van der Waals surface area contributed by atoms with Crippen molar-refractivity contribution in [1.82, 2.24) is 4.90 Å². The van der Waals surface area contributed by atoms with Gasteiger partial charge in [-0.05, 0) is 53.4 Å². The molecule has 3 aromatic carbocycles. The van der Waals surface area contributed by atoms with E-state index in [9.17, 15) is 0 Å². The van der Waals surface area contributed by atoms with E-state index in [-0.39, 0.29) is 18.0 Å². The summed E-state index contributed by atoms with van der Waals surface area (Å²) < 4.78 is 0. The number of likely N-dealkylation sites (tertiary alicyclic amines) is 1. The Morgan fingerprint density at radius 2 is 1.48 bits per heavy atom. The van der Waals surface area contributed by atoms with E-state index in [1.165, 1.54) is 42.4 Å². The number of halogens is 1. The molecular weight excluding hydrogens is 424 g/mol. The van der Waals surface area contributed by atoms with Gasteiger partial charge in [-0.25, -0.2) is 0 Å². The molecular formula is C30H33ClN2. The predicted molar refractivity (Wildman–Crippen MR) is 136 cm³/mol. The SMILES string of the molecule is NC1C2C3CCCC2C(C3)N(Cc2ccccc2Cl)C1C(c1ccccc1)c1ccccc1. The number of nitrogens with two attached hydrogens (primary N) is 1. The molecule has 2 aliphatic carbocycles. The largest absolute Gasteiger partial charge is 0.326 e. The zero-order valence-corrected chi connectivity index (χ0v) is 19.8. The molecule has 3 aromatic rings. The zero-order chi connectivity index (χ0) is 22.4. The van der Waals surface area contributed by atoms with E-state index in [0.29, 0.717) is 12.0 Å². The van der Waals surface area contributed by atoms with Crippen LogP contribution >= 0.6 is 11.6 Å². The molecule has 4 bridgehead atoms. The first-order chi connectivity index (χ1) is 16.2. The van der Waals surface area contributed by atoms with Crippen molar-refractivity contribution < 1.29 is 0 Å². The first kappa shape index (κ1) is 21.4. The van der Waals surface area contributed by atoms with Gasteiger partial charge < -0.3 is 5.73 Å². The predicted octanol–water partition coefficient (Wildman–Crippen LogP) is 6.49. The molecule has 3 heteroatoms. The second-order valence-electron chi connectivity index (χ2n) is 10.4. The first-order valence-corrected chi connectivity index (χ1v) is 12.9. The topological polar surface area (TPSA) is 29.3 Å². The standard InChI is InChI=1S/C30H33ClN2/c31-25-17-8-7-14-23(25)19-33-26-18-22-15-9-16-24(26)28(22)29(32)30(33)27(20-10-3-1-4-11-20)21-12-5-2-6-13-21/h1-8,10-14,17,22,24,26-30H,9,15-16,18-19,32H2. The van der Waals surface area contributed by atoms with Crippen molar-refractivity contribution in [3.05, 3.63) is 107 Å². The molecule has 1 aliphatic heterocycles. The van der Waals surface area contributed by atoms with Gasteiger partial charge in [0.15, 0.2) is 0 Å². The van der Waals surface area contributed by atoms with E-state index in [1.54, 1.807) is 0 Å². The monoisotopic (exact) mass is 456 g/mol. The molecule has 6 rings (SSSR count). The highest BCUT2D eigenvalue weighted by atomic mass is 35.5. The quantitative estimate of drug-likeness (QED) is 0.475. The molecule has 2 saturated carbocycles. The van der Waals surface area contributed by atoms with Crippen LogP contribution in [-0.2, 0) is 6.54 Å². The van der Waals surface area contributed by atoms with Crippen LogP contribution in [0.5, 0.6) is 0 Å². The Labute approximate surface area is 202 Å². The summed E-state index contributed by atoms with van der Waals surface area (Å²) in [5, 5.41) is 0.865. The van der Waals surface area contributed by atoms with Crippen molar-refractivity contribution in [2.45, 2.75) is 56.3 Å². The summed E-state index contributed by atoms with van der Waals surface area (Å²) in [5.74, 6) is 2.39. The van der Waals surface area contributed by atoms with Gasteiger partial charge in [0.2, 0.25) is 0 Å². The average molecular weight is 457 g/mol. The minimum atomic E-state index is 0.159. The highest BCUT2D eigenvalue weighted by Gasteiger charge is 2.58. The number of benzene rings is 3. The molecule has 6 unspecified atom stereocenters. The fourth-order valence-corrected chi connectivity index (χ4v) is 7.77. The summed E-state index contributed by atoms with van der Waals surface area (Å²) in [6, 6.07) is 31.4. The molecule has 0 amide bonds. The number of hydrogen-bond acceptors (Lipinski definition) is 2. The summed E-state index contributed by atoms with van der Waals surface area (Å²) >= 11 is 6.70. The smallest absolute Gasteiger partial charge is 0.0451 e. The number of nitrogens with zero attached hydrogens (tertiary/aromatic N) is 1. The maximum absolute atomic E-state index is 7.33. The third-order valence-corrected chi connectivity index (χ3v) is 9.18. The van der Waals surface area contributed by atoms with E-state index < -0.39 is 0 Å². The van der Waals surface area contributed by atoms with Gasteiger partial charge in [0.05, 0.1) is 0 Å². The highest BCUT2D eigenvalue weighted by molar-refractivity contribution is 6.31. The first-order valence-electron chi connectivity index (χ1n) is 12.6. The van der Waals surface area contributed by atoms with Crippen molar-refractivity contribution >= 4 is 11.6 Å². The van der Waals surface area contributed by atoms with Crippen molar-refractivity contribution in [1.29, 1.82) is 0 Å². The maximum atomic E-state index is 7.33. The Kier molecular flexibility index (Phi) is 5.78. The Bertz CT molecular complexity index is 1050. The molecule has 33 heavy (non-hydrogen) atoms. The van der Waals surface area contributed by atoms with E-state index in [2.05, 4.69) is 77.7 Å². The van der Waals surface area contributed by atoms with Crippen LogP contribution in [0.15, 0.2) is 84.9 Å². The summed E-state index contributed by atoms with van der Waals surface area (Å²) in [7, 11) is 0. The maximum Gasteiger partial charge on any atom is 0.0451 e. The second kappa shape index (κ2) is 8.91. The summed E-state index contributed by atoms with van der Waals surface area (Å²) in [6.45, 7) is 0.870. The van der Waals surface area contributed by atoms with Gasteiger partial charge in [0, 0.05) is 35.6 Å². The zero-order valence-electron chi connectivity index (χ0n) is 19.1. The lowest BCUT2D eigenvalue weighted by Crippen LogP contribution is -2.63. The van der Waals surface area contributed by atoms with E-state index in [1.807, 2.05) is 12.1 Å². The third-order valence-electron chi connectivity index (χ3n) is 8.81. The van der Waals surface area contributed by atoms with Gasteiger partial charge >= 0.3 is 0 Å². The molecule has 2 nitrogen and oxygen atoms in total. The molecule has 3 fully saturated rings. The third kappa shape index (κ3) is 3.73. The Balaban J connectivity index is 1.48. The van der Waals surface area contributed by atoms with Gasteiger partial charge in [-0.3, -0.25) is 4.90 Å². The molecule has 0 spiro atoms. The van der Waals surface area contributed by atoms with Crippen LogP contribution in [0.3, 0.4) is 0 Å².